The molecule has 2 aliphatic heterocycles. The number of hydrogen-bond acceptors (Lipinski definition) is 4. The number of aromatic nitrogens is 2. The van der Waals surface area contributed by atoms with Crippen molar-refractivity contribution < 1.29 is 4.79 Å². The fourth-order valence-electron chi connectivity index (χ4n) is 3.50. The average Bonchev–Trinajstić information content (AvgIpc) is 2.91. The van der Waals surface area contributed by atoms with E-state index in [0.717, 1.165) is 31.7 Å². The zero-order valence-electron chi connectivity index (χ0n) is 12.3. The van der Waals surface area contributed by atoms with Crippen molar-refractivity contribution in [3.8, 4) is 0 Å². The number of carbonyl (C=O) groups excluding carboxylic acids is 1. The molecule has 4 heterocycles. The van der Waals surface area contributed by atoms with Gasteiger partial charge in [-0.05, 0) is 23.8 Å². The van der Waals surface area contributed by atoms with E-state index in [9.17, 15) is 4.79 Å². The van der Waals surface area contributed by atoms with Gasteiger partial charge in [-0.2, -0.15) is 0 Å². The summed E-state index contributed by atoms with van der Waals surface area (Å²) in [5, 5.41) is 0. The molecule has 0 bridgehead atoms. The predicted molar refractivity (Wildman–Crippen MR) is 82.1 cm³/mol. The monoisotopic (exact) mass is 294 g/mol. The van der Waals surface area contributed by atoms with E-state index < -0.39 is 0 Å². The summed E-state index contributed by atoms with van der Waals surface area (Å²) in [7, 11) is 0. The molecule has 0 saturated carbocycles. The van der Waals surface area contributed by atoms with Crippen LogP contribution in [0.4, 0.5) is 0 Å². The second kappa shape index (κ2) is 5.50. The third-order valence-electron chi connectivity index (χ3n) is 4.67. The van der Waals surface area contributed by atoms with E-state index >= 15 is 0 Å². The van der Waals surface area contributed by atoms with Crippen LogP contribution in [0, 0.1) is 5.92 Å². The summed E-state index contributed by atoms with van der Waals surface area (Å²) in [6.45, 7) is 3.69. The maximum absolute atomic E-state index is 12.5. The van der Waals surface area contributed by atoms with Gasteiger partial charge in [0.15, 0.2) is 0 Å². The fraction of sp³-hybridized carbons (Fsp3) is 0.353. The number of pyridine rings is 2. The van der Waals surface area contributed by atoms with Gasteiger partial charge in [-0.15, -0.1) is 0 Å². The first kappa shape index (κ1) is 13.4. The van der Waals surface area contributed by atoms with E-state index in [0.29, 0.717) is 12.0 Å². The highest BCUT2D eigenvalue weighted by Crippen LogP contribution is 2.34. The van der Waals surface area contributed by atoms with Gasteiger partial charge in [0, 0.05) is 68.5 Å². The van der Waals surface area contributed by atoms with Crippen molar-refractivity contribution in [1.82, 2.24) is 19.8 Å². The van der Waals surface area contributed by atoms with Gasteiger partial charge in [-0.1, -0.05) is 6.07 Å². The van der Waals surface area contributed by atoms with Gasteiger partial charge >= 0.3 is 0 Å². The van der Waals surface area contributed by atoms with Crippen LogP contribution in [0.1, 0.15) is 15.9 Å². The van der Waals surface area contributed by atoms with Gasteiger partial charge in [0.1, 0.15) is 0 Å². The minimum Gasteiger partial charge on any atom is -0.337 e. The summed E-state index contributed by atoms with van der Waals surface area (Å²) in [6, 6.07) is 8.15. The van der Waals surface area contributed by atoms with Crippen LogP contribution in [-0.2, 0) is 6.54 Å². The average molecular weight is 294 g/mol. The van der Waals surface area contributed by atoms with Crippen LogP contribution in [0.2, 0.25) is 0 Å². The normalized spacial score (nSPS) is 23.9. The topological polar surface area (TPSA) is 49.3 Å². The Morgan fingerprint density at radius 1 is 1.09 bits per heavy atom. The van der Waals surface area contributed by atoms with Gasteiger partial charge in [-0.3, -0.25) is 19.7 Å². The Bertz CT molecular complexity index is 661. The molecule has 2 aromatic heterocycles. The van der Waals surface area contributed by atoms with Crippen molar-refractivity contribution in [2.24, 2.45) is 5.92 Å². The molecule has 0 N–H and O–H groups in total. The molecule has 5 heteroatoms. The lowest BCUT2D eigenvalue weighted by molar-refractivity contribution is 0.0432. The molecular formula is C17H18N4O. The minimum atomic E-state index is 0.123. The first-order valence-electron chi connectivity index (χ1n) is 7.63. The van der Waals surface area contributed by atoms with Crippen LogP contribution < -0.4 is 0 Å². The second-order valence-corrected chi connectivity index (χ2v) is 6.06. The molecule has 2 fully saturated rings. The van der Waals surface area contributed by atoms with Crippen molar-refractivity contribution in [2.75, 3.05) is 19.6 Å². The molecule has 0 radical (unpaired) electrons. The Hall–Kier alpha value is -2.27. The van der Waals surface area contributed by atoms with Crippen LogP contribution >= 0.6 is 0 Å². The molecule has 5 nitrogen and oxygen atoms in total. The van der Waals surface area contributed by atoms with Gasteiger partial charge in [-0.25, -0.2) is 0 Å². The van der Waals surface area contributed by atoms with Crippen molar-refractivity contribution in [3.05, 3.63) is 60.2 Å². The molecule has 2 aliphatic rings. The quantitative estimate of drug-likeness (QED) is 0.859. The summed E-state index contributed by atoms with van der Waals surface area (Å²) in [5.41, 5.74) is 1.97. The smallest absolute Gasteiger partial charge is 0.254 e. The number of nitrogens with zero attached hydrogens (tertiary/aromatic N) is 4. The third kappa shape index (κ3) is 2.37. The number of carbonyl (C=O) groups is 1. The van der Waals surface area contributed by atoms with Crippen LogP contribution in [0.25, 0.3) is 0 Å². The summed E-state index contributed by atoms with van der Waals surface area (Å²) >= 11 is 0. The molecule has 2 aromatic rings. The molecule has 22 heavy (non-hydrogen) atoms. The lowest BCUT2D eigenvalue weighted by Crippen LogP contribution is -2.54. The Morgan fingerprint density at radius 2 is 1.95 bits per heavy atom. The number of hydrogen-bond donors (Lipinski definition) is 0. The Labute approximate surface area is 129 Å². The molecule has 2 saturated heterocycles. The standard InChI is InChI=1S/C17H18N4O/c22-17(14-3-6-18-7-4-14)21-11-15-10-20(16(15)12-21)9-13-2-1-5-19-8-13/h1-8,15-16H,9-12H2. The van der Waals surface area contributed by atoms with E-state index in [2.05, 4.69) is 20.9 Å². The van der Waals surface area contributed by atoms with E-state index in [-0.39, 0.29) is 5.91 Å². The van der Waals surface area contributed by atoms with Gasteiger partial charge in [0.2, 0.25) is 0 Å². The van der Waals surface area contributed by atoms with Gasteiger partial charge in [0.25, 0.3) is 5.91 Å². The number of likely N-dealkylation sites (tertiary alicyclic amines) is 2. The zero-order chi connectivity index (χ0) is 14.9. The summed E-state index contributed by atoms with van der Waals surface area (Å²) in [5.74, 6) is 0.737. The molecular weight excluding hydrogens is 276 g/mol. The first-order valence-corrected chi connectivity index (χ1v) is 7.63. The number of amides is 1. The van der Waals surface area contributed by atoms with Crippen LogP contribution in [-0.4, -0.2) is 51.4 Å². The zero-order valence-corrected chi connectivity index (χ0v) is 12.3. The van der Waals surface area contributed by atoms with Crippen LogP contribution in [0.3, 0.4) is 0 Å². The SMILES string of the molecule is O=C(c1ccncc1)N1CC2CN(Cc3cccnc3)C2C1. The fourth-order valence-corrected chi connectivity index (χ4v) is 3.50. The first-order chi connectivity index (χ1) is 10.8. The maximum Gasteiger partial charge on any atom is 0.254 e. The van der Waals surface area contributed by atoms with Gasteiger partial charge < -0.3 is 4.90 Å². The third-order valence-corrected chi connectivity index (χ3v) is 4.67. The van der Waals surface area contributed by atoms with Crippen molar-refractivity contribution in [1.29, 1.82) is 0 Å². The van der Waals surface area contributed by atoms with Crippen molar-refractivity contribution in [3.63, 3.8) is 0 Å². The van der Waals surface area contributed by atoms with Crippen molar-refractivity contribution in [2.45, 2.75) is 12.6 Å². The lowest BCUT2D eigenvalue weighted by Gasteiger charge is -2.43. The Morgan fingerprint density at radius 3 is 2.73 bits per heavy atom. The number of rotatable bonds is 3. The molecule has 0 spiro atoms. The predicted octanol–water partition coefficient (Wildman–Crippen LogP) is 1.43. The molecule has 4 rings (SSSR count). The largest absolute Gasteiger partial charge is 0.337 e. The van der Waals surface area contributed by atoms with E-state index in [1.165, 1.54) is 5.56 Å². The minimum absolute atomic E-state index is 0.123. The molecule has 1 amide bonds. The van der Waals surface area contributed by atoms with E-state index in [4.69, 9.17) is 0 Å². The highest BCUT2D eigenvalue weighted by atomic mass is 16.2. The Balaban J connectivity index is 1.40. The highest BCUT2D eigenvalue weighted by Gasteiger charge is 2.46. The van der Waals surface area contributed by atoms with Crippen molar-refractivity contribution >= 4 is 5.91 Å². The number of fused-ring (bicyclic) bond motifs is 1. The lowest BCUT2D eigenvalue weighted by atomic mass is 9.91. The molecule has 2 atom stereocenters. The maximum atomic E-state index is 12.5. The van der Waals surface area contributed by atoms with E-state index in [1.54, 1.807) is 30.7 Å². The Kier molecular flexibility index (Phi) is 3.35. The highest BCUT2D eigenvalue weighted by molar-refractivity contribution is 5.94. The van der Waals surface area contributed by atoms with E-state index in [1.807, 2.05) is 17.2 Å². The van der Waals surface area contributed by atoms with Crippen LogP contribution in [0.5, 0.6) is 0 Å². The summed E-state index contributed by atoms with van der Waals surface area (Å²) in [4.78, 5) is 25.1. The summed E-state index contributed by atoms with van der Waals surface area (Å²) < 4.78 is 0. The molecule has 0 aromatic carbocycles. The van der Waals surface area contributed by atoms with Gasteiger partial charge in [0.05, 0.1) is 0 Å². The van der Waals surface area contributed by atoms with Crippen LogP contribution in [0.15, 0.2) is 49.1 Å². The second-order valence-electron chi connectivity index (χ2n) is 6.06. The molecule has 112 valence electrons. The molecule has 2 unspecified atom stereocenters. The summed E-state index contributed by atoms with van der Waals surface area (Å²) in [6.07, 6.45) is 7.06. The molecule has 0 aliphatic carbocycles.